The minimum absolute atomic E-state index is 0.209. The molecule has 1 saturated heterocycles. The van der Waals surface area contributed by atoms with Crippen LogP contribution in [0.5, 0.6) is 0 Å². The third-order valence-corrected chi connectivity index (χ3v) is 9.28. The van der Waals surface area contributed by atoms with Crippen molar-refractivity contribution < 1.29 is 34.7 Å². The van der Waals surface area contributed by atoms with Crippen LogP contribution in [0.1, 0.15) is 162 Å². The third-order valence-electron chi connectivity index (χ3n) is 9.28. The minimum Gasteiger partial charge on any atom is -0.455 e. The molecule has 0 bridgehead atoms. The molecule has 7 atom stereocenters. The average Bonchev–Trinajstić information content (AvgIpc) is 3.62. The van der Waals surface area contributed by atoms with Crippen LogP contribution in [0, 0.1) is 0 Å². The number of aliphatic hydroxyl groups is 4. The summed E-state index contributed by atoms with van der Waals surface area (Å²) >= 11 is 0. The van der Waals surface area contributed by atoms with Crippen LogP contribution in [0.3, 0.4) is 0 Å². The van der Waals surface area contributed by atoms with Crippen LogP contribution in [0.2, 0.25) is 0 Å². The van der Waals surface area contributed by atoms with E-state index in [1.807, 2.05) is 6.92 Å². The summed E-state index contributed by atoms with van der Waals surface area (Å²) < 4.78 is 11.1. The van der Waals surface area contributed by atoms with E-state index in [0.29, 0.717) is 44.1 Å². The second-order valence-corrected chi connectivity index (χ2v) is 13.5. The highest BCUT2D eigenvalue weighted by molar-refractivity contribution is 5.90. The van der Waals surface area contributed by atoms with Gasteiger partial charge in [-0.2, -0.15) is 0 Å². The molecule has 0 aliphatic carbocycles. The minimum atomic E-state index is -0.628. The standard InChI is InChI=1S/C37H66O7/c1-3-4-5-6-7-8-9-10-11-12-13-14-15-19-22-33(40)35-25-26-36(44-35)34(41)24-23-31(38)20-17-16-18-21-32(39)28-30-27-29(2)43-37(30)42/h14-15,27,29,31-36,38-41H,3-13,16-26,28H2,1-2H3/b15-14-/t29?,31?,32?,33-,34-,35-,36-/m0/s1. The molecule has 0 aromatic carbocycles. The fraction of sp³-hybridized carbons (Fsp3) is 0.865. The second-order valence-electron chi connectivity index (χ2n) is 13.5. The van der Waals surface area contributed by atoms with Crippen molar-refractivity contribution in [1.29, 1.82) is 0 Å². The molecule has 256 valence electrons. The number of carbonyl (C=O) groups excluding carboxylic acids is 1. The first-order valence-electron chi connectivity index (χ1n) is 18.2. The van der Waals surface area contributed by atoms with Crippen LogP contribution in [-0.2, 0) is 14.3 Å². The summed E-state index contributed by atoms with van der Waals surface area (Å²) in [6, 6.07) is 0. The van der Waals surface area contributed by atoms with Crippen molar-refractivity contribution in [1.82, 2.24) is 0 Å². The van der Waals surface area contributed by atoms with Crippen molar-refractivity contribution in [2.75, 3.05) is 0 Å². The van der Waals surface area contributed by atoms with Crippen LogP contribution in [-0.4, -0.2) is 69.1 Å². The number of ether oxygens (including phenoxy) is 2. The van der Waals surface area contributed by atoms with E-state index in [1.54, 1.807) is 6.08 Å². The van der Waals surface area contributed by atoms with Gasteiger partial charge in [0, 0.05) is 12.0 Å². The largest absolute Gasteiger partial charge is 0.455 e. The molecular formula is C37H66O7. The number of rotatable bonds is 27. The normalized spacial score (nSPS) is 23.2. The van der Waals surface area contributed by atoms with Crippen molar-refractivity contribution in [3.63, 3.8) is 0 Å². The fourth-order valence-electron chi connectivity index (χ4n) is 6.46. The summed E-state index contributed by atoms with van der Waals surface area (Å²) in [4.78, 5) is 11.7. The first kappa shape index (κ1) is 38.9. The van der Waals surface area contributed by atoms with E-state index in [9.17, 15) is 25.2 Å². The molecule has 0 radical (unpaired) electrons. The maximum Gasteiger partial charge on any atom is 0.334 e. The van der Waals surface area contributed by atoms with E-state index in [1.165, 1.54) is 64.2 Å². The van der Waals surface area contributed by atoms with Crippen LogP contribution >= 0.6 is 0 Å². The van der Waals surface area contributed by atoms with Gasteiger partial charge in [0.1, 0.15) is 6.10 Å². The molecule has 7 heteroatoms. The molecule has 0 aromatic rings. The predicted octanol–water partition coefficient (Wildman–Crippen LogP) is 7.62. The smallest absolute Gasteiger partial charge is 0.334 e. The summed E-state index contributed by atoms with van der Waals surface area (Å²) in [5, 5.41) is 41.8. The van der Waals surface area contributed by atoms with Gasteiger partial charge in [0.05, 0.1) is 36.6 Å². The van der Waals surface area contributed by atoms with E-state index in [2.05, 4.69) is 19.1 Å². The number of unbranched alkanes of at least 4 members (excludes halogenated alkanes) is 12. The van der Waals surface area contributed by atoms with Gasteiger partial charge in [-0.3, -0.25) is 0 Å². The van der Waals surface area contributed by atoms with Crippen molar-refractivity contribution in [3.05, 3.63) is 23.8 Å². The molecule has 0 saturated carbocycles. The molecule has 4 N–H and O–H groups in total. The SMILES string of the molecule is CCCCCCCCCCCC/C=C\CC[C@H](O)[C@@H]1CC[C@@H]([C@@H](O)CCC(O)CCCCCC(O)CC2=CC(C)OC2=O)O1. The fourth-order valence-corrected chi connectivity index (χ4v) is 6.46. The van der Waals surface area contributed by atoms with Crippen molar-refractivity contribution in [2.24, 2.45) is 0 Å². The predicted molar refractivity (Wildman–Crippen MR) is 177 cm³/mol. The molecule has 2 aliphatic heterocycles. The summed E-state index contributed by atoms with van der Waals surface area (Å²) in [5.41, 5.74) is 0.563. The molecule has 3 unspecified atom stereocenters. The lowest BCUT2D eigenvalue weighted by atomic mass is 9.98. The van der Waals surface area contributed by atoms with Crippen molar-refractivity contribution >= 4 is 5.97 Å². The number of aliphatic hydroxyl groups excluding tert-OH is 4. The number of carbonyl (C=O) groups is 1. The highest BCUT2D eigenvalue weighted by Crippen LogP contribution is 2.28. The number of cyclic esters (lactones) is 1. The molecular weight excluding hydrogens is 556 g/mol. The van der Waals surface area contributed by atoms with Gasteiger partial charge in [-0.25, -0.2) is 4.79 Å². The summed E-state index contributed by atoms with van der Waals surface area (Å²) in [6.45, 7) is 4.07. The summed E-state index contributed by atoms with van der Waals surface area (Å²) in [6.07, 6.45) is 26.3. The van der Waals surface area contributed by atoms with Gasteiger partial charge in [-0.15, -0.1) is 0 Å². The van der Waals surface area contributed by atoms with Gasteiger partial charge >= 0.3 is 5.97 Å². The van der Waals surface area contributed by atoms with Gasteiger partial charge in [-0.1, -0.05) is 96.1 Å². The lowest BCUT2D eigenvalue weighted by Crippen LogP contribution is -2.31. The topological polar surface area (TPSA) is 116 Å². The van der Waals surface area contributed by atoms with E-state index >= 15 is 0 Å². The zero-order chi connectivity index (χ0) is 32.0. The molecule has 0 aromatic heterocycles. The molecule has 44 heavy (non-hydrogen) atoms. The number of hydrogen-bond donors (Lipinski definition) is 4. The average molecular weight is 623 g/mol. The highest BCUT2D eigenvalue weighted by Gasteiger charge is 2.34. The lowest BCUT2D eigenvalue weighted by Gasteiger charge is -2.22. The first-order valence-corrected chi connectivity index (χ1v) is 18.2. The van der Waals surface area contributed by atoms with Crippen LogP contribution < -0.4 is 0 Å². The van der Waals surface area contributed by atoms with E-state index in [-0.39, 0.29) is 24.3 Å². The zero-order valence-corrected chi connectivity index (χ0v) is 28.1. The molecule has 0 spiro atoms. The summed E-state index contributed by atoms with van der Waals surface area (Å²) in [5.74, 6) is -0.325. The van der Waals surface area contributed by atoms with E-state index in [0.717, 1.165) is 44.9 Å². The summed E-state index contributed by atoms with van der Waals surface area (Å²) in [7, 11) is 0. The molecule has 0 amide bonds. The van der Waals surface area contributed by atoms with Gasteiger partial charge in [0.25, 0.3) is 0 Å². The van der Waals surface area contributed by atoms with Crippen molar-refractivity contribution in [2.45, 2.75) is 204 Å². The number of esters is 1. The monoisotopic (exact) mass is 622 g/mol. The molecule has 1 fully saturated rings. The highest BCUT2D eigenvalue weighted by atomic mass is 16.5. The molecule has 2 heterocycles. The molecule has 2 rings (SSSR count). The second kappa shape index (κ2) is 24.0. The van der Waals surface area contributed by atoms with Gasteiger partial charge in [0.15, 0.2) is 0 Å². The van der Waals surface area contributed by atoms with Gasteiger partial charge in [0.2, 0.25) is 0 Å². The van der Waals surface area contributed by atoms with Crippen LogP contribution in [0.4, 0.5) is 0 Å². The maximum absolute atomic E-state index is 11.7. The Morgan fingerprint density at radius 2 is 1.25 bits per heavy atom. The number of hydrogen-bond acceptors (Lipinski definition) is 7. The van der Waals surface area contributed by atoms with E-state index in [4.69, 9.17) is 9.47 Å². The van der Waals surface area contributed by atoms with Gasteiger partial charge < -0.3 is 29.9 Å². The Morgan fingerprint density at radius 3 is 1.86 bits per heavy atom. The van der Waals surface area contributed by atoms with E-state index < -0.39 is 24.4 Å². The lowest BCUT2D eigenvalue weighted by molar-refractivity contribution is -0.139. The maximum atomic E-state index is 11.7. The Balaban J connectivity index is 1.43. The Hall–Kier alpha value is -1.25. The Kier molecular flexibility index (Phi) is 21.2. The Bertz CT molecular complexity index is 797. The first-order chi connectivity index (χ1) is 21.3. The Morgan fingerprint density at radius 1 is 0.705 bits per heavy atom. The zero-order valence-electron chi connectivity index (χ0n) is 28.1. The third kappa shape index (κ3) is 17.4. The van der Waals surface area contributed by atoms with Crippen molar-refractivity contribution in [3.8, 4) is 0 Å². The Labute approximate surface area is 268 Å². The molecule has 7 nitrogen and oxygen atoms in total. The van der Waals surface area contributed by atoms with Gasteiger partial charge in [-0.05, 0) is 77.2 Å². The molecule has 2 aliphatic rings. The van der Waals surface area contributed by atoms with Crippen LogP contribution in [0.25, 0.3) is 0 Å². The quantitative estimate of drug-likeness (QED) is 0.0423. The number of allylic oxidation sites excluding steroid dienone is 2. The van der Waals surface area contributed by atoms with Crippen LogP contribution in [0.15, 0.2) is 23.8 Å².